The molecule has 2 saturated carbocycles. The molecule has 1 aromatic carbocycles. The summed E-state index contributed by atoms with van der Waals surface area (Å²) in [6, 6.07) is 7.55. The summed E-state index contributed by atoms with van der Waals surface area (Å²) in [7, 11) is 1.62. The van der Waals surface area contributed by atoms with Crippen LogP contribution in [0, 0.1) is 17.3 Å². The maximum Gasteiger partial charge on any atom is 0.262 e. The number of fused-ring (bicyclic) bond motifs is 1. The number of nitrogens with zero attached hydrogens (tertiary/aromatic N) is 1. The minimum Gasteiger partial charge on any atom is -0.497 e. The molecule has 0 aromatic heterocycles. The SMILES string of the molecule is COc1ccc(/C=C2\C(=O)N(C(C)=O)C(=S)C3C4CC243)cc1. The Balaban J connectivity index is 1.73. The van der Waals surface area contributed by atoms with E-state index in [1.54, 1.807) is 7.11 Å². The van der Waals surface area contributed by atoms with E-state index in [0.717, 1.165) is 23.3 Å². The molecule has 4 rings (SSSR count). The molecule has 1 aliphatic heterocycles. The normalized spacial score (nSPS) is 33.4. The second-order valence-corrected chi connectivity index (χ2v) is 6.58. The fourth-order valence-electron chi connectivity index (χ4n) is 3.70. The average molecular weight is 313 g/mol. The lowest BCUT2D eigenvalue weighted by molar-refractivity contribution is -0.136. The number of benzene rings is 1. The van der Waals surface area contributed by atoms with Gasteiger partial charge >= 0.3 is 0 Å². The standard InChI is InChI=1S/C17H15NO3S/c1-9(19)18-15(20)12(17-8-13(17)14(17)16(18)22)7-10-3-5-11(21-2)6-4-10/h3-7,13-14H,8H2,1-2H3/b12-7+. The smallest absolute Gasteiger partial charge is 0.262 e. The summed E-state index contributed by atoms with van der Waals surface area (Å²) >= 11 is 5.34. The van der Waals surface area contributed by atoms with Gasteiger partial charge in [0.2, 0.25) is 5.91 Å². The van der Waals surface area contributed by atoms with Gasteiger partial charge in [-0.25, -0.2) is 4.90 Å². The van der Waals surface area contributed by atoms with Gasteiger partial charge in [0, 0.05) is 23.8 Å². The molecular weight excluding hydrogens is 298 g/mol. The van der Waals surface area contributed by atoms with Crippen LogP contribution in [-0.4, -0.2) is 28.8 Å². The molecule has 3 unspecified atom stereocenters. The van der Waals surface area contributed by atoms with Crippen molar-refractivity contribution in [1.82, 2.24) is 4.90 Å². The number of carbonyl (C=O) groups excluding carboxylic acids is 2. The first-order valence-electron chi connectivity index (χ1n) is 7.26. The Kier molecular flexibility index (Phi) is 2.64. The van der Waals surface area contributed by atoms with E-state index < -0.39 is 0 Å². The molecule has 2 aliphatic carbocycles. The van der Waals surface area contributed by atoms with Crippen molar-refractivity contribution in [1.29, 1.82) is 0 Å². The average Bonchev–Trinajstić information content (AvgIpc) is 3.33. The molecule has 0 bridgehead atoms. The number of ether oxygens (including phenoxy) is 1. The summed E-state index contributed by atoms with van der Waals surface area (Å²) in [6.07, 6.45) is 2.91. The van der Waals surface area contributed by atoms with Crippen LogP contribution in [0.5, 0.6) is 5.75 Å². The fourth-order valence-corrected chi connectivity index (χ4v) is 4.28. The second kappa shape index (κ2) is 4.26. The minimum atomic E-state index is -0.295. The predicted molar refractivity (Wildman–Crippen MR) is 85.1 cm³/mol. The molecule has 0 N–H and O–H groups in total. The third-order valence-corrected chi connectivity index (χ3v) is 5.51. The van der Waals surface area contributed by atoms with Crippen molar-refractivity contribution in [2.45, 2.75) is 13.3 Å². The van der Waals surface area contributed by atoms with Crippen LogP contribution in [0.2, 0.25) is 0 Å². The van der Waals surface area contributed by atoms with Crippen LogP contribution in [0.25, 0.3) is 6.08 Å². The van der Waals surface area contributed by atoms with E-state index in [2.05, 4.69) is 0 Å². The van der Waals surface area contributed by atoms with Gasteiger partial charge in [-0.05, 0) is 36.1 Å². The first-order valence-corrected chi connectivity index (χ1v) is 7.66. The minimum absolute atomic E-state index is 0.0694. The first-order chi connectivity index (χ1) is 10.5. The van der Waals surface area contributed by atoms with Crippen LogP contribution < -0.4 is 4.74 Å². The largest absolute Gasteiger partial charge is 0.497 e. The van der Waals surface area contributed by atoms with E-state index in [-0.39, 0.29) is 23.1 Å². The van der Waals surface area contributed by atoms with Crippen molar-refractivity contribution in [3.63, 3.8) is 0 Å². The predicted octanol–water partition coefficient (Wildman–Crippen LogP) is 2.43. The van der Waals surface area contributed by atoms with Crippen molar-refractivity contribution < 1.29 is 14.3 Å². The van der Waals surface area contributed by atoms with Crippen LogP contribution in [0.3, 0.4) is 0 Å². The van der Waals surface area contributed by atoms with E-state index in [9.17, 15) is 9.59 Å². The van der Waals surface area contributed by atoms with Crippen LogP contribution in [0.4, 0.5) is 0 Å². The molecule has 0 radical (unpaired) electrons. The number of carbonyl (C=O) groups is 2. The third-order valence-electron chi connectivity index (χ3n) is 5.07. The summed E-state index contributed by atoms with van der Waals surface area (Å²) in [4.78, 5) is 26.1. The molecule has 3 fully saturated rings. The lowest BCUT2D eigenvalue weighted by atomic mass is 9.89. The number of thiocarbonyl (C=S) groups is 1. The molecule has 22 heavy (non-hydrogen) atoms. The summed E-state index contributed by atoms with van der Waals surface area (Å²) in [5.74, 6) is 0.892. The molecule has 1 aromatic rings. The molecule has 1 heterocycles. The van der Waals surface area contributed by atoms with Gasteiger partial charge < -0.3 is 4.74 Å². The number of methoxy groups -OCH3 is 1. The van der Waals surface area contributed by atoms with Crippen LogP contribution in [-0.2, 0) is 9.59 Å². The monoisotopic (exact) mass is 313 g/mol. The van der Waals surface area contributed by atoms with E-state index in [4.69, 9.17) is 17.0 Å². The van der Waals surface area contributed by atoms with Crippen molar-refractivity contribution in [3.8, 4) is 5.75 Å². The maximum atomic E-state index is 12.7. The molecule has 1 spiro atoms. The van der Waals surface area contributed by atoms with Crippen molar-refractivity contribution in [3.05, 3.63) is 35.4 Å². The van der Waals surface area contributed by atoms with Crippen LogP contribution >= 0.6 is 12.2 Å². The zero-order valence-electron chi connectivity index (χ0n) is 12.3. The number of imide groups is 1. The Bertz CT molecular complexity index is 752. The van der Waals surface area contributed by atoms with Gasteiger partial charge in [0.1, 0.15) is 5.75 Å². The van der Waals surface area contributed by atoms with E-state index in [0.29, 0.717) is 10.9 Å². The number of hydrogen-bond acceptors (Lipinski definition) is 4. The topological polar surface area (TPSA) is 46.6 Å². The molecular formula is C17H15NO3S. The van der Waals surface area contributed by atoms with E-state index in [1.165, 1.54) is 11.8 Å². The molecule has 112 valence electrons. The highest BCUT2D eigenvalue weighted by Crippen LogP contribution is 2.85. The van der Waals surface area contributed by atoms with Gasteiger partial charge in [-0.1, -0.05) is 24.4 Å². The second-order valence-electron chi connectivity index (χ2n) is 6.16. The Labute approximate surface area is 133 Å². The number of rotatable bonds is 2. The highest BCUT2D eigenvalue weighted by Gasteiger charge is 2.85. The van der Waals surface area contributed by atoms with Crippen molar-refractivity contribution >= 4 is 35.1 Å². The molecule has 1 saturated heterocycles. The molecule has 2 amide bonds. The molecule has 3 atom stereocenters. The number of piperidine rings is 1. The zero-order valence-corrected chi connectivity index (χ0v) is 13.1. The Morgan fingerprint density at radius 2 is 2.09 bits per heavy atom. The molecule has 3 aliphatic rings. The van der Waals surface area contributed by atoms with Gasteiger partial charge in [-0.2, -0.15) is 0 Å². The van der Waals surface area contributed by atoms with Crippen LogP contribution in [0.15, 0.2) is 29.8 Å². The number of likely N-dealkylation sites (tertiary alicyclic amines) is 1. The van der Waals surface area contributed by atoms with E-state index >= 15 is 0 Å². The number of amides is 2. The summed E-state index contributed by atoms with van der Waals surface area (Å²) in [6.45, 7) is 1.39. The Hall–Kier alpha value is -2.01. The van der Waals surface area contributed by atoms with E-state index in [1.807, 2.05) is 30.3 Å². The summed E-state index contributed by atoms with van der Waals surface area (Å²) in [5, 5.41) is 0. The number of hydrogen-bond donors (Lipinski definition) is 0. The lowest BCUT2D eigenvalue weighted by Gasteiger charge is -2.30. The highest BCUT2D eigenvalue weighted by atomic mass is 32.1. The third kappa shape index (κ3) is 1.60. The molecule has 4 nitrogen and oxygen atoms in total. The molecule has 5 heteroatoms. The van der Waals surface area contributed by atoms with Gasteiger partial charge in [0.05, 0.1) is 12.1 Å². The van der Waals surface area contributed by atoms with Crippen molar-refractivity contribution in [2.24, 2.45) is 17.3 Å². The highest BCUT2D eigenvalue weighted by molar-refractivity contribution is 7.80. The Morgan fingerprint density at radius 1 is 1.41 bits per heavy atom. The maximum absolute atomic E-state index is 12.7. The van der Waals surface area contributed by atoms with Crippen LogP contribution in [0.1, 0.15) is 18.9 Å². The Morgan fingerprint density at radius 3 is 2.64 bits per heavy atom. The first kappa shape index (κ1) is 13.6. The zero-order chi connectivity index (χ0) is 15.6. The quantitative estimate of drug-likeness (QED) is 0.621. The fraction of sp³-hybridized carbons (Fsp3) is 0.353. The van der Waals surface area contributed by atoms with Gasteiger partial charge in [-0.15, -0.1) is 0 Å². The lowest BCUT2D eigenvalue weighted by Crippen LogP contribution is -2.47. The summed E-state index contributed by atoms with van der Waals surface area (Å²) < 4.78 is 5.14. The van der Waals surface area contributed by atoms with Gasteiger partial charge in [-0.3, -0.25) is 9.59 Å². The summed E-state index contributed by atoms with van der Waals surface area (Å²) in [5.41, 5.74) is 1.60. The van der Waals surface area contributed by atoms with Gasteiger partial charge in [0.25, 0.3) is 5.91 Å². The van der Waals surface area contributed by atoms with Crippen molar-refractivity contribution in [2.75, 3.05) is 7.11 Å². The van der Waals surface area contributed by atoms with Gasteiger partial charge in [0.15, 0.2) is 0 Å².